The van der Waals surface area contributed by atoms with E-state index in [4.69, 9.17) is 0 Å². The monoisotopic (exact) mass is 271 g/mol. The zero-order chi connectivity index (χ0) is 13.9. The lowest BCUT2D eigenvalue weighted by molar-refractivity contribution is 0.0949. The molecule has 0 radical (unpaired) electrons. The summed E-state index contributed by atoms with van der Waals surface area (Å²) in [5.74, 6) is 0.652. The van der Waals surface area contributed by atoms with Crippen LogP contribution in [0.1, 0.15) is 27.3 Å². The van der Waals surface area contributed by atoms with E-state index in [-0.39, 0.29) is 5.91 Å². The summed E-state index contributed by atoms with van der Waals surface area (Å²) in [6.07, 6.45) is 2.64. The van der Waals surface area contributed by atoms with Crippen molar-refractivity contribution in [3.63, 3.8) is 0 Å². The second-order valence-corrected chi connectivity index (χ2v) is 4.95. The zero-order valence-electron chi connectivity index (χ0n) is 11.4. The van der Waals surface area contributed by atoms with Crippen LogP contribution in [0, 0.1) is 0 Å². The van der Waals surface area contributed by atoms with Crippen LogP contribution >= 0.6 is 0 Å². The van der Waals surface area contributed by atoms with Gasteiger partial charge >= 0.3 is 0 Å². The molecule has 0 atom stereocenters. The Balaban J connectivity index is 1.69. The Bertz CT molecular complexity index is 634. The molecular weight excluding hydrogens is 254 g/mol. The third-order valence-electron chi connectivity index (χ3n) is 3.57. The van der Waals surface area contributed by atoms with Gasteiger partial charge in [0.25, 0.3) is 5.91 Å². The highest BCUT2D eigenvalue weighted by molar-refractivity contribution is 5.94. The fraction of sp³-hybridized carbons (Fsp3) is 0.357. The molecule has 6 nitrogen and oxygen atoms in total. The molecule has 2 heterocycles. The van der Waals surface area contributed by atoms with Gasteiger partial charge in [-0.3, -0.25) is 4.79 Å². The number of fused-ring (bicyclic) bond motifs is 1. The Morgan fingerprint density at radius 3 is 3.15 bits per heavy atom. The van der Waals surface area contributed by atoms with Crippen LogP contribution in [0.25, 0.3) is 0 Å². The molecular formula is C14H17N5O. The number of nitrogens with one attached hydrogen (secondary N) is 2. The maximum Gasteiger partial charge on any atom is 0.251 e. The molecule has 2 N–H and O–H groups in total. The van der Waals surface area contributed by atoms with Crippen molar-refractivity contribution in [3.05, 3.63) is 47.0 Å². The molecule has 1 aromatic heterocycles. The van der Waals surface area contributed by atoms with Crippen LogP contribution in [0.5, 0.6) is 0 Å². The predicted molar refractivity (Wildman–Crippen MR) is 74.0 cm³/mol. The fourth-order valence-electron chi connectivity index (χ4n) is 2.35. The number of aryl methyl sites for hydroxylation is 1. The Kier molecular flexibility index (Phi) is 3.47. The SMILES string of the molecule is Cn1cnnc1CNC(=O)c1ccc2c(c1)CNCC2. The molecule has 3 rings (SSSR count). The van der Waals surface area contributed by atoms with E-state index in [1.807, 2.05) is 25.2 Å². The van der Waals surface area contributed by atoms with Crippen molar-refractivity contribution in [3.8, 4) is 0 Å². The van der Waals surface area contributed by atoms with Crippen molar-refractivity contribution >= 4 is 5.91 Å². The van der Waals surface area contributed by atoms with E-state index >= 15 is 0 Å². The van der Waals surface area contributed by atoms with E-state index in [0.717, 1.165) is 25.3 Å². The Morgan fingerprint density at radius 2 is 2.35 bits per heavy atom. The molecule has 0 spiro atoms. The number of aromatic nitrogens is 3. The van der Waals surface area contributed by atoms with Crippen LogP contribution in [-0.4, -0.2) is 27.2 Å². The Hall–Kier alpha value is -2.21. The molecule has 1 amide bonds. The quantitative estimate of drug-likeness (QED) is 0.847. The second kappa shape index (κ2) is 5.42. The van der Waals surface area contributed by atoms with Crippen LogP contribution in [0.2, 0.25) is 0 Å². The minimum atomic E-state index is -0.0821. The lowest BCUT2D eigenvalue weighted by atomic mass is 9.98. The van der Waals surface area contributed by atoms with Gasteiger partial charge in [0.05, 0.1) is 6.54 Å². The standard InChI is InChI=1S/C14H17N5O/c1-19-9-17-18-13(19)8-16-14(20)11-3-2-10-4-5-15-7-12(10)6-11/h2-3,6,9,15H,4-5,7-8H2,1H3,(H,16,20). The smallest absolute Gasteiger partial charge is 0.251 e. The van der Waals surface area contributed by atoms with E-state index in [0.29, 0.717) is 12.1 Å². The van der Waals surface area contributed by atoms with Gasteiger partial charge in [0.1, 0.15) is 6.33 Å². The number of benzene rings is 1. The second-order valence-electron chi connectivity index (χ2n) is 4.95. The topological polar surface area (TPSA) is 71.8 Å². The Labute approximate surface area is 117 Å². The molecule has 20 heavy (non-hydrogen) atoms. The van der Waals surface area contributed by atoms with Gasteiger partial charge in [0.2, 0.25) is 0 Å². The molecule has 0 aliphatic carbocycles. The van der Waals surface area contributed by atoms with Gasteiger partial charge in [0, 0.05) is 19.2 Å². The number of hydrogen-bond acceptors (Lipinski definition) is 4. The summed E-state index contributed by atoms with van der Waals surface area (Å²) in [5.41, 5.74) is 3.23. The Morgan fingerprint density at radius 1 is 1.45 bits per heavy atom. The molecule has 6 heteroatoms. The first kappa shape index (κ1) is 12.8. The minimum Gasteiger partial charge on any atom is -0.345 e. The summed E-state index contributed by atoms with van der Waals surface area (Å²) < 4.78 is 1.79. The summed E-state index contributed by atoms with van der Waals surface area (Å²) in [7, 11) is 1.85. The summed E-state index contributed by atoms with van der Waals surface area (Å²) in [6.45, 7) is 2.22. The number of rotatable bonds is 3. The predicted octanol–water partition coefficient (Wildman–Crippen LogP) is 0.391. The van der Waals surface area contributed by atoms with Gasteiger partial charge < -0.3 is 15.2 Å². The van der Waals surface area contributed by atoms with Crippen molar-refractivity contribution < 1.29 is 4.79 Å². The van der Waals surface area contributed by atoms with Crippen molar-refractivity contribution in [1.82, 2.24) is 25.4 Å². The number of carbonyl (C=O) groups is 1. The zero-order valence-corrected chi connectivity index (χ0v) is 11.4. The van der Waals surface area contributed by atoms with Gasteiger partial charge in [-0.1, -0.05) is 6.07 Å². The van der Waals surface area contributed by atoms with Crippen molar-refractivity contribution in [2.45, 2.75) is 19.5 Å². The third-order valence-corrected chi connectivity index (χ3v) is 3.57. The first-order valence-electron chi connectivity index (χ1n) is 6.67. The van der Waals surface area contributed by atoms with Crippen molar-refractivity contribution in [2.24, 2.45) is 7.05 Å². The molecule has 1 aliphatic heterocycles. The van der Waals surface area contributed by atoms with Crippen LogP contribution in [0.4, 0.5) is 0 Å². The van der Waals surface area contributed by atoms with Gasteiger partial charge in [-0.15, -0.1) is 10.2 Å². The van der Waals surface area contributed by atoms with Gasteiger partial charge in [-0.05, 0) is 36.2 Å². The summed E-state index contributed by atoms with van der Waals surface area (Å²) in [4.78, 5) is 12.1. The molecule has 0 fully saturated rings. The first-order valence-corrected chi connectivity index (χ1v) is 6.67. The number of hydrogen-bond donors (Lipinski definition) is 2. The summed E-state index contributed by atoms with van der Waals surface area (Å²) in [6, 6.07) is 5.90. The largest absolute Gasteiger partial charge is 0.345 e. The molecule has 0 bridgehead atoms. The highest BCUT2D eigenvalue weighted by Crippen LogP contribution is 2.15. The van der Waals surface area contributed by atoms with Crippen molar-refractivity contribution in [2.75, 3.05) is 6.54 Å². The summed E-state index contributed by atoms with van der Waals surface area (Å²) in [5, 5.41) is 13.9. The number of carbonyl (C=O) groups excluding carboxylic acids is 1. The van der Waals surface area contributed by atoms with Gasteiger partial charge in [0.15, 0.2) is 5.82 Å². The van der Waals surface area contributed by atoms with Gasteiger partial charge in [-0.25, -0.2) is 0 Å². The fourth-order valence-corrected chi connectivity index (χ4v) is 2.35. The molecule has 104 valence electrons. The van der Waals surface area contributed by atoms with Crippen LogP contribution < -0.4 is 10.6 Å². The highest BCUT2D eigenvalue weighted by atomic mass is 16.1. The van der Waals surface area contributed by atoms with E-state index in [1.54, 1.807) is 10.9 Å². The van der Waals surface area contributed by atoms with E-state index in [9.17, 15) is 4.79 Å². The molecule has 2 aromatic rings. The molecule has 0 saturated heterocycles. The average molecular weight is 271 g/mol. The normalized spacial score (nSPS) is 13.8. The lowest BCUT2D eigenvalue weighted by Gasteiger charge is -2.17. The molecule has 0 unspecified atom stereocenters. The van der Waals surface area contributed by atoms with Crippen LogP contribution in [0.3, 0.4) is 0 Å². The third kappa shape index (κ3) is 2.55. The van der Waals surface area contributed by atoms with E-state index in [2.05, 4.69) is 20.8 Å². The molecule has 1 aliphatic rings. The minimum absolute atomic E-state index is 0.0821. The van der Waals surface area contributed by atoms with E-state index < -0.39 is 0 Å². The number of nitrogens with zero attached hydrogens (tertiary/aromatic N) is 3. The van der Waals surface area contributed by atoms with Crippen LogP contribution in [-0.2, 0) is 26.6 Å². The number of amides is 1. The highest BCUT2D eigenvalue weighted by Gasteiger charge is 2.12. The molecule has 1 aromatic carbocycles. The van der Waals surface area contributed by atoms with E-state index in [1.165, 1.54) is 11.1 Å². The lowest BCUT2D eigenvalue weighted by Crippen LogP contribution is -2.26. The summed E-state index contributed by atoms with van der Waals surface area (Å²) >= 11 is 0. The van der Waals surface area contributed by atoms with Gasteiger partial charge in [-0.2, -0.15) is 0 Å². The average Bonchev–Trinajstić information content (AvgIpc) is 2.89. The first-order chi connectivity index (χ1) is 9.74. The van der Waals surface area contributed by atoms with Crippen molar-refractivity contribution in [1.29, 1.82) is 0 Å². The maximum atomic E-state index is 12.1. The van der Waals surface area contributed by atoms with Crippen LogP contribution in [0.15, 0.2) is 24.5 Å². The molecule has 0 saturated carbocycles. The maximum absolute atomic E-state index is 12.1.